The molecule has 0 atom stereocenters. The predicted octanol–water partition coefficient (Wildman–Crippen LogP) is 2.35. The van der Waals surface area contributed by atoms with E-state index in [0.717, 1.165) is 12.6 Å². The first-order valence-electron chi connectivity index (χ1n) is 6.63. The molecule has 1 N–H and O–H groups in total. The maximum atomic E-state index is 13.4. The van der Waals surface area contributed by atoms with Crippen LogP contribution in [0.2, 0.25) is 0 Å². The van der Waals surface area contributed by atoms with Crippen LogP contribution in [0.5, 0.6) is 0 Å². The van der Waals surface area contributed by atoms with E-state index in [1.54, 1.807) is 0 Å². The quantitative estimate of drug-likeness (QED) is 0.807. The van der Waals surface area contributed by atoms with E-state index in [1.165, 1.54) is 25.0 Å². The van der Waals surface area contributed by atoms with Crippen LogP contribution in [0.4, 0.5) is 4.39 Å². The Morgan fingerprint density at radius 3 is 2.70 bits per heavy atom. The van der Waals surface area contributed by atoms with Crippen molar-refractivity contribution in [1.82, 2.24) is 9.62 Å². The Hall–Kier alpha value is -0.500. The third-order valence-corrected chi connectivity index (χ3v) is 5.46. The van der Waals surface area contributed by atoms with Crippen LogP contribution in [0.1, 0.15) is 19.8 Å². The molecule has 0 radical (unpaired) electrons. The van der Waals surface area contributed by atoms with Gasteiger partial charge in [-0.1, -0.05) is 6.92 Å². The number of rotatable bonds is 7. The fraction of sp³-hybridized carbons (Fsp3) is 0.538. The molecule has 1 saturated carbocycles. The van der Waals surface area contributed by atoms with Gasteiger partial charge in [0.15, 0.2) is 0 Å². The minimum Gasteiger partial charge on any atom is -0.299 e. The summed E-state index contributed by atoms with van der Waals surface area (Å²) >= 11 is 3.00. The maximum Gasteiger partial charge on any atom is 0.240 e. The van der Waals surface area contributed by atoms with Crippen molar-refractivity contribution >= 4 is 26.0 Å². The van der Waals surface area contributed by atoms with Gasteiger partial charge in [-0.15, -0.1) is 0 Å². The SMILES string of the molecule is CCN(CCNS(=O)(=O)c1ccc(Br)c(F)c1)C1CC1. The Morgan fingerprint density at radius 2 is 2.15 bits per heavy atom. The molecule has 1 aliphatic rings. The van der Waals surface area contributed by atoms with Crippen LogP contribution in [0, 0.1) is 5.82 Å². The van der Waals surface area contributed by atoms with Gasteiger partial charge in [0.05, 0.1) is 9.37 Å². The number of benzene rings is 1. The zero-order valence-electron chi connectivity index (χ0n) is 11.3. The first kappa shape index (κ1) is 15.9. The van der Waals surface area contributed by atoms with Gasteiger partial charge in [0.1, 0.15) is 5.82 Å². The summed E-state index contributed by atoms with van der Waals surface area (Å²) < 4.78 is 40.2. The first-order chi connectivity index (χ1) is 9.44. The molecule has 2 rings (SSSR count). The molecule has 1 aromatic carbocycles. The molecule has 0 spiro atoms. The Morgan fingerprint density at radius 1 is 1.45 bits per heavy atom. The van der Waals surface area contributed by atoms with Gasteiger partial charge in [0, 0.05) is 19.1 Å². The van der Waals surface area contributed by atoms with Crippen LogP contribution in [0.15, 0.2) is 27.6 Å². The van der Waals surface area contributed by atoms with Crippen molar-refractivity contribution in [2.45, 2.75) is 30.7 Å². The number of nitrogens with one attached hydrogen (secondary N) is 1. The van der Waals surface area contributed by atoms with Crippen LogP contribution >= 0.6 is 15.9 Å². The van der Waals surface area contributed by atoms with Gasteiger partial charge in [0.25, 0.3) is 0 Å². The molecule has 7 heteroatoms. The summed E-state index contributed by atoms with van der Waals surface area (Å²) in [6.45, 7) is 4.00. The molecule has 0 aromatic heterocycles. The number of halogens is 2. The summed E-state index contributed by atoms with van der Waals surface area (Å²) in [5.74, 6) is -0.582. The van der Waals surface area contributed by atoms with Gasteiger partial charge in [-0.25, -0.2) is 17.5 Å². The van der Waals surface area contributed by atoms with Crippen molar-refractivity contribution in [2.24, 2.45) is 0 Å². The van der Waals surface area contributed by atoms with Gasteiger partial charge in [-0.05, 0) is 53.5 Å². The van der Waals surface area contributed by atoms with Crippen LogP contribution in [0.25, 0.3) is 0 Å². The van der Waals surface area contributed by atoms with Gasteiger partial charge in [-0.3, -0.25) is 4.90 Å². The number of nitrogens with zero attached hydrogens (tertiary/aromatic N) is 1. The van der Waals surface area contributed by atoms with E-state index >= 15 is 0 Å². The largest absolute Gasteiger partial charge is 0.299 e. The third-order valence-electron chi connectivity index (χ3n) is 3.36. The average molecular weight is 365 g/mol. The van der Waals surface area contributed by atoms with E-state index in [4.69, 9.17) is 0 Å². The van der Waals surface area contributed by atoms with Crippen molar-refractivity contribution in [3.8, 4) is 0 Å². The van der Waals surface area contributed by atoms with Crippen molar-refractivity contribution in [1.29, 1.82) is 0 Å². The van der Waals surface area contributed by atoms with Crippen molar-refractivity contribution in [3.05, 3.63) is 28.5 Å². The molecule has 0 saturated heterocycles. The molecule has 0 aliphatic heterocycles. The lowest BCUT2D eigenvalue weighted by Crippen LogP contribution is -2.36. The monoisotopic (exact) mass is 364 g/mol. The van der Waals surface area contributed by atoms with Crippen molar-refractivity contribution in [2.75, 3.05) is 19.6 Å². The Balaban J connectivity index is 1.94. The molecule has 0 unspecified atom stereocenters. The standard InChI is InChI=1S/C13H18BrFN2O2S/c1-2-17(10-3-4-10)8-7-16-20(18,19)11-5-6-12(14)13(15)9-11/h5-6,9-10,16H,2-4,7-8H2,1H3. The van der Waals surface area contributed by atoms with E-state index in [2.05, 4.69) is 32.5 Å². The van der Waals surface area contributed by atoms with Crippen molar-refractivity contribution in [3.63, 3.8) is 0 Å². The molecule has 1 aliphatic carbocycles. The molecular weight excluding hydrogens is 347 g/mol. The van der Waals surface area contributed by atoms with E-state index < -0.39 is 15.8 Å². The molecule has 112 valence electrons. The normalized spacial score (nSPS) is 15.8. The molecule has 20 heavy (non-hydrogen) atoms. The second kappa shape index (κ2) is 6.51. The second-order valence-electron chi connectivity index (χ2n) is 4.83. The minimum absolute atomic E-state index is 0.0485. The smallest absolute Gasteiger partial charge is 0.240 e. The summed E-state index contributed by atoms with van der Waals surface area (Å²) in [7, 11) is -3.65. The highest BCUT2D eigenvalue weighted by Crippen LogP contribution is 2.26. The van der Waals surface area contributed by atoms with Gasteiger partial charge < -0.3 is 0 Å². The highest BCUT2D eigenvalue weighted by Gasteiger charge is 2.27. The van der Waals surface area contributed by atoms with E-state index in [9.17, 15) is 12.8 Å². The van der Waals surface area contributed by atoms with Gasteiger partial charge in [0.2, 0.25) is 10.0 Å². The second-order valence-corrected chi connectivity index (χ2v) is 7.45. The lowest BCUT2D eigenvalue weighted by Gasteiger charge is -2.19. The van der Waals surface area contributed by atoms with Gasteiger partial charge >= 0.3 is 0 Å². The number of hydrogen-bond acceptors (Lipinski definition) is 3. The fourth-order valence-electron chi connectivity index (χ4n) is 2.09. The minimum atomic E-state index is -3.65. The molecule has 1 fully saturated rings. The Labute approximate surface area is 127 Å². The van der Waals surface area contributed by atoms with Crippen LogP contribution in [-0.4, -0.2) is 39.0 Å². The van der Waals surface area contributed by atoms with Crippen molar-refractivity contribution < 1.29 is 12.8 Å². The summed E-state index contributed by atoms with van der Waals surface area (Å²) in [6.07, 6.45) is 2.39. The highest BCUT2D eigenvalue weighted by atomic mass is 79.9. The molecule has 4 nitrogen and oxygen atoms in total. The highest BCUT2D eigenvalue weighted by molar-refractivity contribution is 9.10. The number of hydrogen-bond donors (Lipinski definition) is 1. The fourth-order valence-corrected chi connectivity index (χ4v) is 3.37. The average Bonchev–Trinajstić information content (AvgIpc) is 3.22. The number of sulfonamides is 1. The molecule has 0 bridgehead atoms. The summed E-state index contributed by atoms with van der Waals surface area (Å²) in [5, 5.41) is 0. The zero-order valence-corrected chi connectivity index (χ0v) is 13.7. The van der Waals surface area contributed by atoms with E-state index in [-0.39, 0.29) is 9.37 Å². The van der Waals surface area contributed by atoms with E-state index in [0.29, 0.717) is 19.1 Å². The molecular formula is C13H18BrFN2O2S. The molecule has 0 heterocycles. The molecule has 1 aromatic rings. The topological polar surface area (TPSA) is 49.4 Å². The van der Waals surface area contributed by atoms with E-state index in [1.807, 2.05) is 0 Å². The maximum absolute atomic E-state index is 13.4. The van der Waals surface area contributed by atoms with Crippen LogP contribution in [-0.2, 0) is 10.0 Å². The zero-order chi connectivity index (χ0) is 14.8. The number of likely N-dealkylation sites (N-methyl/N-ethyl adjacent to an activating group) is 1. The van der Waals surface area contributed by atoms with Crippen LogP contribution in [0.3, 0.4) is 0 Å². The molecule has 0 amide bonds. The van der Waals surface area contributed by atoms with Gasteiger partial charge in [-0.2, -0.15) is 0 Å². The Bertz CT molecular complexity index is 576. The van der Waals surface area contributed by atoms with Crippen LogP contribution < -0.4 is 4.72 Å². The predicted molar refractivity (Wildman–Crippen MR) is 79.6 cm³/mol. The lowest BCUT2D eigenvalue weighted by atomic mass is 10.3. The summed E-state index contributed by atoms with van der Waals surface area (Å²) in [5.41, 5.74) is 0. The Kier molecular flexibility index (Phi) is 5.17. The lowest BCUT2D eigenvalue weighted by molar-refractivity contribution is 0.282. The first-order valence-corrected chi connectivity index (χ1v) is 8.90. The summed E-state index contributed by atoms with van der Waals surface area (Å²) in [4.78, 5) is 2.21. The third kappa shape index (κ3) is 4.00. The summed E-state index contributed by atoms with van der Waals surface area (Å²) in [6, 6.07) is 4.40.